The maximum Gasteiger partial charge on any atom is 0.278 e. The van der Waals surface area contributed by atoms with Gasteiger partial charge in [-0.1, -0.05) is 74.0 Å². The molecule has 0 aliphatic carbocycles. The fourth-order valence-corrected chi connectivity index (χ4v) is 4.65. The maximum atomic E-state index is 14.1. The van der Waals surface area contributed by atoms with Crippen LogP contribution < -0.4 is 10.2 Å². The Labute approximate surface area is 182 Å². The number of para-hydroxylation sites is 2. The Hall–Kier alpha value is -3.60. The van der Waals surface area contributed by atoms with Gasteiger partial charge in [0.25, 0.3) is 11.8 Å². The van der Waals surface area contributed by atoms with Gasteiger partial charge in [0.1, 0.15) is 0 Å². The van der Waals surface area contributed by atoms with E-state index in [1.54, 1.807) is 4.90 Å². The van der Waals surface area contributed by atoms with Crippen LogP contribution in [0.5, 0.6) is 0 Å². The van der Waals surface area contributed by atoms with Crippen LogP contribution in [0.4, 0.5) is 11.4 Å². The number of fused-ring (bicyclic) bond motifs is 3. The third-order valence-corrected chi connectivity index (χ3v) is 6.18. The number of amides is 2. The number of nitrogens with zero attached hydrogens (tertiary/aromatic N) is 2. The quantitative estimate of drug-likeness (QED) is 0.659. The first-order valence-corrected chi connectivity index (χ1v) is 10.8. The zero-order valence-corrected chi connectivity index (χ0v) is 17.5. The van der Waals surface area contributed by atoms with Crippen molar-refractivity contribution in [1.82, 2.24) is 4.90 Å². The number of carbonyl (C=O) groups excluding carboxylic acids is 2. The minimum atomic E-state index is -1.26. The molecule has 3 aromatic carbocycles. The van der Waals surface area contributed by atoms with Gasteiger partial charge in [-0.3, -0.25) is 14.5 Å². The fraction of sp³-hybridized carbons (Fsp3) is 0.231. The summed E-state index contributed by atoms with van der Waals surface area (Å²) in [5, 5.41) is 3.50. The van der Waals surface area contributed by atoms with E-state index < -0.39 is 5.66 Å². The van der Waals surface area contributed by atoms with Crippen LogP contribution in [0.2, 0.25) is 0 Å². The molecule has 1 atom stereocenters. The van der Waals surface area contributed by atoms with Crippen molar-refractivity contribution in [2.24, 2.45) is 0 Å². The predicted octanol–water partition coefficient (Wildman–Crippen LogP) is 4.75. The van der Waals surface area contributed by atoms with Crippen molar-refractivity contribution in [2.75, 3.05) is 16.8 Å². The summed E-state index contributed by atoms with van der Waals surface area (Å²) in [6, 6.07) is 25.1. The number of carbonyl (C=O) groups is 2. The number of rotatable bonds is 5. The minimum Gasteiger partial charge on any atom is -0.350 e. The monoisotopic (exact) mass is 411 g/mol. The van der Waals surface area contributed by atoms with Crippen molar-refractivity contribution in [3.05, 3.63) is 95.6 Å². The van der Waals surface area contributed by atoms with Crippen LogP contribution in [0.15, 0.2) is 78.9 Å². The molecule has 2 aliphatic heterocycles. The lowest BCUT2D eigenvalue weighted by atomic mass is 9.92. The van der Waals surface area contributed by atoms with E-state index in [2.05, 4.69) is 12.2 Å². The van der Waals surface area contributed by atoms with Gasteiger partial charge in [0.05, 0.1) is 11.3 Å². The van der Waals surface area contributed by atoms with Gasteiger partial charge in [-0.2, -0.15) is 0 Å². The molecule has 0 fully saturated rings. The Bertz CT molecular complexity index is 1140. The topological polar surface area (TPSA) is 52.7 Å². The van der Waals surface area contributed by atoms with Crippen molar-refractivity contribution in [3.8, 4) is 0 Å². The molecule has 0 aromatic heterocycles. The summed E-state index contributed by atoms with van der Waals surface area (Å²) in [6.45, 7) is 3.08. The molecule has 2 heterocycles. The second-order valence-electron chi connectivity index (χ2n) is 8.09. The van der Waals surface area contributed by atoms with E-state index in [0.29, 0.717) is 24.3 Å². The second-order valence-corrected chi connectivity index (χ2v) is 8.09. The van der Waals surface area contributed by atoms with E-state index >= 15 is 0 Å². The molecule has 1 spiro atoms. The molecule has 0 saturated heterocycles. The van der Waals surface area contributed by atoms with Gasteiger partial charge in [0.15, 0.2) is 0 Å². The number of unbranched alkanes of at least 4 members (excludes halogenated alkanes) is 1. The van der Waals surface area contributed by atoms with Crippen molar-refractivity contribution < 1.29 is 9.59 Å². The zero-order valence-electron chi connectivity index (χ0n) is 17.5. The normalized spacial score (nSPS) is 19.4. The van der Waals surface area contributed by atoms with E-state index in [0.717, 1.165) is 29.7 Å². The summed E-state index contributed by atoms with van der Waals surface area (Å²) >= 11 is 0. The number of hydrogen-bond donors (Lipinski definition) is 1. The van der Waals surface area contributed by atoms with E-state index in [4.69, 9.17) is 0 Å². The molecule has 5 rings (SSSR count). The second kappa shape index (κ2) is 7.58. The fourth-order valence-electron chi connectivity index (χ4n) is 4.65. The van der Waals surface area contributed by atoms with Gasteiger partial charge >= 0.3 is 0 Å². The lowest BCUT2D eigenvalue weighted by Gasteiger charge is -2.45. The van der Waals surface area contributed by atoms with Gasteiger partial charge in [-0.25, -0.2) is 0 Å². The Kier molecular flexibility index (Phi) is 4.74. The third kappa shape index (κ3) is 2.92. The third-order valence-electron chi connectivity index (χ3n) is 6.18. The molecule has 3 aromatic rings. The lowest BCUT2D eigenvalue weighted by Crippen LogP contribution is -2.62. The SMILES string of the molecule is CCCCN1C(=O)C2(Nc3ccccc3C(=O)N2Cc2ccccc2)c2ccccc21. The van der Waals surface area contributed by atoms with Crippen LogP contribution in [0.3, 0.4) is 0 Å². The molecule has 0 saturated carbocycles. The first-order chi connectivity index (χ1) is 15.2. The molecule has 0 bridgehead atoms. The molecule has 1 N–H and O–H groups in total. The number of nitrogens with one attached hydrogen (secondary N) is 1. The number of hydrogen-bond acceptors (Lipinski definition) is 3. The minimum absolute atomic E-state index is 0.0964. The maximum absolute atomic E-state index is 14.1. The molecular weight excluding hydrogens is 386 g/mol. The van der Waals surface area contributed by atoms with Crippen LogP contribution >= 0.6 is 0 Å². The molecule has 5 nitrogen and oxygen atoms in total. The van der Waals surface area contributed by atoms with E-state index in [1.807, 2.05) is 83.8 Å². The molecule has 2 aliphatic rings. The average Bonchev–Trinajstić information content (AvgIpc) is 3.04. The van der Waals surface area contributed by atoms with E-state index in [-0.39, 0.29) is 11.8 Å². The van der Waals surface area contributed by atoms with Crippen LogP contribution in [0, 0.1) is 0 Å². The van der Waals surface area contributed by atoms with Gasteiger partial charge < -0.3 is 10.2 Å². The summed E-state index contributed by atoms with van der Waals surface area (Å²) < 4.78 is 0. The van der Waals surface area contributed by atoms with Crippen molar-refractivity contribution in [2.45, 2.75) is 32.0 Å². The largest absolute Gasteiger partial charge is 0.350 e. The summed E-state index contributed by atoms with van der Waals surface area (Å²) in [7, 11) is 0. The molecule has 5 heteroatoms. The van der Waals surface area contributed by atoms with Gasteiger partial charge in [-0.15, -0.1) is 0 Å². The molecule has 156 valence electrons. The molecular formula is C26H25N3O2. The zero-order chi connectivity index (χ0) is 21.4. The summed E-state index contributed by atoms with van der Waals surface area (Å²) in [4.78, 5) is 31.4. The molecule has 1 unspecified atom stereocenters. The standard InChI is InChI=1S/C26H25N3O2/c1-2-3-17-28-23-16-10-8-14-21(23)26(25(28)31)27-22-15-9-7-13-20(22)24(30)29(26)18-19-11-5-4-6-12-19/h4-16,27H,2-3,17-18H2,1H3. The lowest BCUT2D eigenvalue weighted by molar-refractivity contribution is -0.127. The Balaban J connectivity index is 1.70. The number of anilines is 2. The van der Waals surface area contributed by atoms with Gasteiger partial charge in [0.2, 0.25) is 5.66 Å². The molecule has 0 radical (unpaired) electrons. The average molecular weight is 412 g/mol. The highest BCUT2D eigenvalue weighted by Gasteiger charge is 2.58. The van der Waals surface area contributed by atoms with Crippen molar-refractivity contribution in [3.63, 3.8) is 0 Å². The number of benzene rings is 3. The highest BCUT2D eigenvalue weighted by Crippen LogP contribution is 2.48. The van der Waals surface area contributed by atoms with Gasteiger partial charge in [-0.05, 0) is 30.2 Å². The summed E-state index contributed by atoms with van der Waals surface area (Å²) in [6.07, 6.45) is 1.89. The highest BCUT2D eigenvalue weighted by atomic mass is 16.2. The van der Waals surface area contributed by atoms with Crippen molar-refractivity contribution >= 4 is 23.2 Å². The summed E-state index contributed by atoms with van der Waals surface area (Å²) in [5.74, 6) is -0.236. The Morgan fingerprint density at radius 1 is 0.871 bits per heavy atom. The van der Waals surface area contributed by atoms with Crippen LogP contribution in [0.25, 0.3) is 0 Å². The van der Waals surface area contributed by atoms with Gasteiger partial charge in [0, 0.05) is 24.3 Å². The highest BCUT2D eigenvalue weighted by molar-refractivity contribution is 6.15. The van der Waals surface area contributed by atoms with E-state index in [9.17, 15) is 9.59 Å². The first kappa shape index (κ1) is 19.4. The van der Waals surface area contributed by atoms with Crippen LogP contribution in [-0.4, -0.2) is 23.3 Å². The predicted molar refractivity (Wildman–Crippen MR) is 122 cm³/mol. The Morgan fingerprint density at radius 2 is 1.58 bits per heavy atom. The Morgan fingerprint density at radius 3 is 2.39 bits per heavy atom. The smallest absolute Gasteiger partial charge is 0.278 e. The molecule has 2 amide bonds. The summed E-state index contributed by atoms with van der Waals surface area (Å²) in [5.41, 5.74) is 2.70. The van der Waals surface area contributed by atoms with Crippen LogP contribution in [0.1, 0.15) is 41.3 Å². The van der Waals surface area contributed by atoms with E-state index in [1.165, 1.54) is 0 Å². The van der Waals surface area contributed by atoms with Crippen LogP contribution in [-0.2, 0) is 17.0 Å². The molecule has 31 heavy (non-hydrogen) atoms. The van der Waals surface area contributed by atoms with Crippen molar-refractivity contribution in [1.29, 1.82) is 0 Å². The first-order valence-electron chi connectivity index (χ1n) is 10.8.